The first-order valence-electron chi connectivity index (χ1n) is 8.10. The molecule has 1 unspecified atom stereocenters. The maximum absolute atomic E-state index is 13.1. The third-order valence-electron chi connectivity index (χ3n) is 4.24. The molecular weight excluding hydrogens is 336 g/mol. The average molecular weight is 358 g/mol. The van der Waals surface area contributed by atoms with E-state index in [9.17, 15) is 14.4 Å². The molecule has 1 N–H and O–H groups in total. The number of hydrogen-bond donors (Lipinski definition) is 1. The Labute approximate surface area is 151 Å². The lowest BCUT2D eigenvalue weighted by Crippen LogP contribution is -2.43. The van der Waals surface area contributed by atoms with Gasteiger partial charge >= 0.3 is 5.97 Å². The van der Waals surface area contributed by atoms with Crippen LogP contribution in [0.1, 0.15) is 49.6 Å². The van der Waals surface area contributed by atoms with Gasteiger partial charge in [0.2, 0.25) is 0 Å². The second-order valence-corrected chi connectivity index (χ2v) is 5.88. The Morgan fingerprint density at radius 2 is 2.08 bits per heavy atom. The van der Waals surface area contributed by atoms with Crippen LogP contribution >= 0.6 is 0 Å². The Hall–Kier alpha value is -3.09. The van der Waals surface area contributed by atoms with E-state index in [0.29, 0.717) is 16.8 Å². The summed E-state index contributed by atoms with van der Waals surface area (Å²) in [7, 11) is 1.27. The molecule has 0 bridgehead atoms. The number of rotatable bonds is 7. The van der Waals surface area contributed by atoms with Gasteiger partial charge in [0.05, 0.1) is 19.4 Å². The number of carbonyl (C=O) groups excluding carboxylic acids is 3. The number of methoxy groups -OCH3 is 1. The van der Waals surface area contributed by atoms with E-state index >= 15 is 0 Å². The van der Waals surface area contributed by atoms with Crippen LogP contribution in [0.4, 0.5) is 0 Å². The Balaban J connectivity index is 2.38. The number of nitrogens with zero attached hydrogens (tertiary/aromatic N) is 1. The second kappa shape index (κ2) is 7.86. The summed E-state index contributed by atoms with van der Waals surface area (Å²) in [6.45, 7) is 8.83. The SMILES string of the molecule is C=CCN(C(=O)c1ccco1)C(C)C(=O)c1c(C)[nH]c(C(=O)OC)c1C. The largest absolute Gasteiger partial charge is 0.464 e. The number of aromatic nitrogens is 1. The molecule has 0 aliphatic rings. The Kier molecular flexibility index (Phi) is 5.82. The third kappa shape index (κ3) is 3.46. The van der Waals surface area contributed by atoms with E-state index in [2.05, 4.69) is 11.6 Å². The maximum Gasteiger partial charge on any atom is 0.354 e. The standard InChI is InChI=1S/C19H22N2O5/c1-6-9-21(18(23)14-8-7-10-26-14)13(4)17(22)15-11(2)16(19(24)25-5)20-12(15)3/h6-8,10,13,20H,1,9H2,2-5H3. The molecule has 7 heteroatoms. The van der Waals surface area contributed by atoms with Crippen molar-refractivity contribution in [1.82, 2.24) is 9.88 Å². The summed E-state index contributed by atoms with van der Waals surface area (Å²) < 4.78 is 9.88. The fourth-order valence-corrected chi connectivity index (χ4v) is 2.87. The van der Waals surface area contributed by atoms with Gasteiger partial charge in [-0.1, -0.05) is 6.08 Å². The van der Waals surface area contributed by atoms with Crippen LogP contribution in [0.5, 0.6) is 0 Å². The first kappa shape index (κ1) is 19.2. The minimum Gasteiger partial charge on any atom is -0.464 e. The first-order valence-corrected chi connectivity index (χ1v) is 8.10. The zero-order valence-electron chi connectivity index (χ0n) is 15.3. The number of carbonyl (C=O) groups is 3. The number of H-pyrrole nitrogens is 1. The van der Waals surface area contributed by atoms with Gasteiger partial charge in [-0.05, 0) is 38.5 Å². The highest BCUT2D eigenvalue weighted by molar-refractivity contribution is 6.07. The number of amides is 1. The van der Waals surface area contributed by atoms with Crippen molar-refractivity contribution in [3.8, 4) is 0 Å². The van der Waals surface area contributed by atoms with Crippen LogP contribution in [0.25, 0.3) is 0 Å². The van der Waals surface area contributed by atoms with Crippen molar-refractivity contribution in [3.63, 3.8) is 0 Å². The molecule has 0 saturated heterocycles. The minimum absolute atomic E-state index is 0.143. The molecule has 2 aromatic rings. The van der Waals surface area contributed by atoms with Crippen LogP contribution in [0, 0.1) is 13.8 Å². The van der Waals surface area contributed by atoms with Crippen molar-refractivity contribution in [2.24, 2.45) is 0 Å². The number of ketones is 1. The van der Waals surface area contributed by atoms with Crippen LogP contribution in [0.3, 0.4) is 0 Å². The Bertz CT molecular complexity index is 832. The van der Waals surface area contributed by atoms with Crippen molar-refractivity contribution in [1.29, 1.82) is 0 Å². The molecule has 0 aliphatic heterocycles. The summed E-state index contributed by atoms with van der Waals surface area (Å²) in [6, 6.07) is 2.37. The Morgan fingerprint density at radius 3 is 2.62 bits per heavy atom. The van der Waals surface area contributed by atoms with E-state index in [1.54, 1.807) is 32.9 Å². The fourth-order valence-electron chi connectivity index (χ4n) is 2.87. The van der Waals surface area contributed by atoms with Gasteiger partial charge in [-0.15, -0.1) is 6.58 Å². The van der Waals surface area contributed by atoms with Gasteiger partial charge in [-0.3, -0.25) is 9.59 Å². The van der Waals surface area contributed by atoms with Crippen LogP contribution < -0.4 is 0 Å². The predicted octanol–water partition coefficient (Wildman–Crippen LogP) is 2.91. The minimum atomic E-state index is -0.774. The van der Waals surface area contributed by atoms with Gasteiger partial charge < -0.3 is 19.0 Å². The molecule has 0 aromatic carbocycles. The van der Waals surface area contributed by atoms with Crippen molar-refractivity contribution < 1.29 is 23.5 Å². The molecule has 1 atom stereocenters. The summed E-state index contributed by atoms with van der Waals surface area (Å²) in [6.07, 6.45) is 2.94. The van der Waals surface area contributed by atoms with E-state index in [4.69, 9.17) is 9.15 Å². The van der Waals surface area contributed by atoms with Gasteiger partial charge in [-0.2, -0.15) is 0 Å². The highest BCUT2D eigenvalue weighted by Gasteiger charge is 2.31. The van der Waals surface area contributed by atoms with E-state index in [0.717, 1.165) is 0 Å². The third-order valence-corrected chi connectivity index (χ3v) is 4.24. The molecule has 7 nitrogen and oxygen atoms in total. The number of aromatic amines is 1. The summed E-state index contributed by atoms with van der Waals surface area (Å²) in [5.74, 6) is -1.10. The topological polar surface area (TPSA) is 92.6 Å². The van der Waals surface area contributed by atoms with E-state index in [-0.39, 0.29) is 23.8 Å². The van der Waals surface area contributed by atoms with E-state index in [1.165, 1.54) is 24.3 Å². The molecule has 2 aromatic heterocycles. The van der Waals surface area contributed by atoms with Crippen molar-refractivity contribution in [2.45, 2.75) is 26.8 Å². The van der Waals surface area contributed by atoms with Crippen LogP contribution in [-0.2, 0) is 4.74 Å². The van der Waals surface area contributed by atoms with E-state index in [1.807, 2.05) is 0 Å². The molecule has 138 valence electrons. The lowest BCUT2D eigenvalue weighted by molar-refractivity contribution is 0.0592. The van der Waals surface area contributed by atoms with Crippen molar-refractivity contribution in [2.75, 3.05) is 13.7 Å². The molecule has 0 aliphatic carbocycles. The molecule has 0 fully saturated rings. The number of aryl methyl sites for hydroxylation is 1. The van der Waals surface area contributed by atoms with Gasteiger partial charge in [0.25, 0.3) is 5.91 Å². The van der Waals surface area contributed by atoms with E-state index < -0.39 is 17.9 Å². The molecule has 2 heterocycles. The molecule has 26 heavy (non-hydrogen) atoms. The zero-order valence-corrected chi connectivity index (χ0v) is 15.3. The number of nitrogens with one attached hydrogen (secondary N) is 1. The van der Waals surface area contributed by atoms with Crippen molar-refractivity contribution >= 4 is 17.7 Å². The monoisotopic (exact) mass is 358 g/mol. The smallest absolute Gasteiger partial charge is 0.354 e. The normalized spacial score (nSPS) is 11.7. The number of Topliss-reactive ketones (excluding diaryl/α,β-unsaturated/α-hetero) is 1. The maximum atomic E-state index is 13.1. The first-order chi connectivity index (χ1) is 12.3. The van der Waals surface area contributed by atoms with Crippen LogP contribution in [0.15, 0.2) is 35.5 Å². The average Bonchev–Trinajstić information content (AvgIpc) is 3.25. The lowest BCUT2D eigenvalue weighted by Gasteiger charge is -2.26. The van der Waals surface area contributed by atoms with Crippen LogP contribution in [-0.4, -0.2) is 47.2 Å². The molecule has 0 radical (unpaired) electrons. The molecule has 0 spiro atoms. The van der Waals surface area contributed by atoms with Gasteiger partial charge in [0.15, 0.2) is 11.5 Å². The number of furan rings is 1. The molecule has 0 saturated carbocycles. The Morgan fingerprint density at radius 1 is 1.38 bits per heavy atom. The van der Waals surface area contributed by atoms with Gasteiger partial charge in [0, 0.05) is 17.8 Å². The number of ether oxygens (including phenoxy) is 1. The second-order valence-electron chi connectivity index (χ2n) is 5.88. The summed E-state index contributed by atoms with van der Waals surface area (Å²) in [5, 5.41) is 0. The molecular formula is C19H22N2O5. The number of hydrogen-bond acceptors (Lipinski definition) is 5. The van der Waals surface area contributed by atoms with Gasteiger partial charge in [-0.25, -0.2) is 4.79 Å². The molecule has 1 amide bonds. The lowest BCUT2D eigenvalue weighted by atomic mass is 9.99. The predicted molar refractivity (Wildman–Crippen MR) is 95.3 cm³/mol. The fraction of sp³-hybridized carbons (Fsp3) is 0.316. The van der Waals surface area contributed by atoms with Crippen LogP contribution in [0.2, 0.25) is 0 Å². The summed E-state index contributed by atoms with van der Waals surface area (Å²) >= 11 is 0. The zero-order chi connectivity index (χ0) is 19.4. The van der Waals surface area contributed by atoms with Gasteiger partial charge in [0.1, 0.15) is 5.69 Å². The summed E-state index contributed by atoms with van der Waals surface area (Å²) in [5.41, 5.74) is 1.64. The van der Waals surface area contributed by atoms with Crippen molar-refractivity contribution in [3.05, 3.63) is 59.3 Å². The summed E-state index contributed by atoms with van der Waals surface area (Å²) in [4.78, 5) is 41.8. The number of esters is 1. The molecule has 2 rings (SSSR count). The highest BCUT2D eigenvalue weighted by Crippen LogP contribution is 2.22. The quantitative estimate of drug-likeness (QED) is 0.467. The highest BCUT2D eigenvalue weighted by atomic mass is 16.5.